The Morgan fingerprint density at radius 3 is 2.43 bits per heavy atom. The van der Waals surface area contributed by atoms with Crippen LogP contribution in [0.2, 0.25) is 0 Å². The highest BCUT2D eigenvalue weighted by Crippen LogP contribution is 2.40. The van der Waals surface area contributed by atoms with Gasteiger partial charge in [0.2, 0.25) is 0 Å². The van der Waals surface area contributed by atoms with Crippen LogP contribution in [0.1, 0.15) is 22.2 Å². The van der Waals surface area contributed by atoms with E-state index >= 15 is 0 Å². The fourth-order valence-electron chi connectivity index (χ4n) is 2.78. The third-order valence-electron chi connectivity index (χ3n) is 3.96. The van der Waals surface area contributed by atoms with Gasteiger partial charge in [0.25, 0.3) is 0 Å². The summed E-state index contributed by atoms with van der Waals surface area (Å²) >= 11 is 10.3. The first-order chi connectivity index (χ1) is 13.5. The number of carbonyl (C=O) groups is 1. The molecule has 0 unspecified atom stereocenters. The van der Waals surface area contributed by atoms with Crippen LogP contribution in [0, 0.1) is 6.92 Å². The molecule has 0 spiro atoms. The zero-order chi connectivity index (χ0) is 20.1. The van der Waals surface area contributed by atoms with E-state index in [1.54, 1.807) is 6.92 Å². The molecule has 0 saturated carbocycles. The topological polar surface area (TPSA) is 50.4 Å². The van der Waals surface area contributed by atoms with E-state index in [0.29, 0.717) is 22.3 Å². The zero-order valence-electron chi connectivity index (χ0n) is 15.4. The van der Waals surface area contributed by atoms with Gasteiger partial charge in [-0.25, -0.2) is 4.79 Å². The molecule has 1 aromatic heterocycles. The molecule has 0 fully saturated rings. The number of thiocarbonyl (C=S) groups is 1. The number of hydrogen-bond donors (Lipinski definition) is 2. The number of carbonyl (C=O) groups excluding carboxylic acids is 1. The molecule has 0 amide bonds. The van der Waals surface area contributed by atoms with E-state index in [9.17, 15) is 4.79 Å². The monoisotopic (exact) mass is 474 g/mol. The Kier molecular flexibility index (Phi) is 6.83. The van der Waals surface area contributed by atoms with Crippen molar-refractivity contribution < 1.29 is 9.53 Å². The molecular formula is C21H19BrN2O2S2. The van der Waals surface area contributed by atoms with Gasteiger partial charge < -0.3 is 15.4 Å². The standard InChI is InChI=1S/C21H19BrN2O2S2/c1-3-26-20(25)18-17(14-7-5-4-6-8-14)13(2)28-19(18)24-21(27)23-16-11-9-15(22)10-12-16/h4-12H,3H2,1-2H3,(H2,23,24,27). The molecule has 2 aromatic carbocycles. The van der Waals surface area contributed by atoms with Crippen molar-refractivity contribution in [3.63, 3.8) is 0 Å². The van der Waals surface area contributed by atoms with E-state index in [4.69, 9.17) is 17.0 Å². The molecular weight excluding hydrogens is 456 g/mol. The van der Waals surface area contributed by atoms with Crippen LogP contribution in [0.4, 0.5) is 10.7 Å². The lowest BCUT2D eigenvalue weighted by Crippen LogP contribution is -2.20. The summed E-state index contributed by atoms with van der Waals surface area (Å²) in [4.78, 5) is 13.7. The predicted molar refractivity (Wildman–Crippen MR) is 124 cm³/mol. The second-order valence-corrected chi connectivity index (χ2v) is 8.46. The van der Waals surface area contributed by atoms with E-state index in [0.717, 1.165) is 26.2 Å². The largest absolute Gasteiger partial charge is 0.462 e. The molecule has 2 N–H and O–H groups in total. The number of thiophene rings is 1. The number of ether oxygens (including phenoxy) is 1. The molecule has 0 aliphatic heterocycles. The quantitative estimate of drug-likeness (QED) is 0.327. The number of anilines is 2. The van der Waals surface area contributed by atoms with Crippen LogP contribution in [-0.2, 0) is 4.74 Å². The maximum Gasteiger partial charge on any atom is 0.341 e. The third-order valence-corrected chi connectivity index (χ3v) is 5.71. The van der Waals surface area contributed by atoms with Crippen molar-refractivity contribution >= 4 is 61.3 Å². The van der Waals surface area contributed by atoms with Crippen molar-refractivity contribution in [2.75, 3.05) is 17.2 Å². The molecule has 28 heavy (non-hydrogen) atoms. The van der Waals surface area contributed by atoms with Crippen LogP contribution in [0.25, 0.3) is 11.1 Å². The molecule has 3 rings (SSSR count). The van der Waals surface area contributed by atoms with Gasteiger partial charge in [0, 0.05) is 20.6 Å². The summed E-state index contributed by atoms with van der Waals surface area (Å²) in [5.74, 6) is -0.361. The van der Waals surface area contributed by atoms with Gasteiger partial charge in [-0.15, -0.1) is 11.3 Å². The number of hydrogen-bond acceptors (Lipinski definition) is 4. The Morgan fingerprint density at radius 2 is 1.79 bits per heavy atom. The summed E-state index contributed by atoms with van der Waals surface area (Å²) in [6.45, 7) is 4.10. The second-order valence-electron chi connectivity index (χ2n) is 5.91. The van der Waals surface area contributed by atoms with Crippen molar-refractivity contribution in [1.29, 1.82) is 0 Å². The summed E-state index contributed by atoms with van der Waals surface area (Å²) < 4.78 is 6.30. The van der Waals surface area contributed by atoms with E-state index in [-0.39, 0.29) is 5.97 Å². The average molecular weight is 475 g/mol. The van der Waals surface area contributed by atoms with E-state index < -0.39 is 0 Å². The summed E-state index contributed by atoms with van der Waals surface area (Å²) in [7, 11) is 0. The number of benzene rings is 2. The number of esters is 1. The Balaban J connectivity index is 1.92. The molecule has 0 radical (unpaired) electrons. The zero-order valence-corrected chi connectivity index (χ0v) is 18.6. The Labute approximate surface area is 182 Å². The third kappa shape index (κ3) is 4.79. The van der Waals surface area contributed by atoms with Gasteiger partial charge >= 0.3 is 5.97 Å². The van der Waals surface area contributed by atoms with Gasteiger partial charge in [-0.1, -0.05) is 46.3 Å². The second kappa shape index (κ2) is 9.32. The maximum atomic E-state index is 12.7. The Morgan fingerprint density at radius 1 is 1.11 bits per heavy atom. The number of rotatable bonds is 5. The molecule has 0 aliphatic rings. The number of halogens is 1. The summed E-state index contributed by atoms with van der Waals surface area (Å²) in [6, 6.07) is 17.5. The lowest BCUT2D eigenvalue weighted by atomic mass is 10.0. The minimum atomic E-state index is -0.361. The van der Waals surface area contributed by atoms with Gasteiger partial charge in [-0.3, -0.25) is 0 Å². The highest BCUT2D eigenvalue weighted by Gasteiger charge is 2.24. The lowest BCUT2D eigenvalue weighted by Gasteiger charge is -2.12. The first-order valence-corrected chi connectivity index (χ1v) is 10.7. The number of aryl methyl sites for hydroxylation is 1. The number of nitrogens with one attached hydrogen (secondary N) is 2. The Bertz CT molecular complexity index is 986. The highest BCUT2D eigenvalue weighted by atomic mass is 79.9. The molecule has 0 aliphatic carbocycles. The molecule has 3 aromatic rings. The molecule has 1 heterocycles. The Hall–Kier alpha value is -2.22. The minimum Gasteiger partial charge on any atom is -0.462 e. The molecule has 0 atom stereocenters. The van der Waals surface area contributed by atoms with E-state index in [2.05, 4.69) is 26.6 Å². The molecule has 7 heteroatoms. The van der Waals surface area contributed by atoms with Crippen molar-refractivity contribution in [3.8, 4) is 11.1 Å². The first-order valence-electron chi connectivity index (χ1n) is 8.69. The van der Waals surface area contributed by atoms with Gasteiger partial charge in [-0.05, 0) is 55.9 Å². The van der Waals surface area contributed by atoms with Crippen LogP contribution in [0.15, 0.2) is 59.1 Å². The van der Waals surface area contributed by atoms with Crippen LogP contribution >= 0.6 is 39.5 Å². The van der Waals surface area contributed by atoms with Crippen molar-refractivity contribution in [2.45, 2.75) is 13.8 Å². The minimum absolute atomic E-state index is 0.309. The van der Waals surface area contributed by atoms with Crippen LogP contribution in [0.5, 0.6) is 0 Å². The van der Waals surface area contributed by atoms with Gasteiger partial charge in [0.1, 0.15) is 10.6 Å². The van der Waals surface area contributed by atoms with Gasteiger partial charge in [0.15, 0.2) is 5.11 Å². The average Bonchev–Trinajstić information content (AvgIpc) is 3.00. The predicted octanol–water partition coefficient (Wildman–Crippen LogP) is 6.47. The highest BCUT2D eigenvalue weighted by molar-refractivity contribution is 9.10. The van der Waals surface area contributed by atoms with Gasteiger partial charge in [0.05, 0.1) is 6.61 Å². The first kappa shape index (κ1) is 20.5. The summed E-state index contributed by atoms with van der Waals surface area (Å²) in [5.41, 5.74) is 3.21. The summed E-state index contributed by atoms with van der Waals surface area (Å²) in [6.07, 6.45) is 0. The fraction of sp³-hybridized carbons (Fsp3) is 0.143. The van der Waals surface area contributed by atoms with E-state index in [1.807, 2.05) is 61.5 Å². The van der Waals surface area contributed by atoms with Crippen molar-refractivity contribution in [3.05, 3.63) is 69.5 Å². The summed E-state index contributed by atoms with van der Waals surface area (Å²) in [5, 5.41) is 7.39. The maximum absolute atomic E-state index is 12.7. The SMILES string of the molecule is CCOC(=O)c1c(NC(=S)Nc2ccc(Br)cc2)sc(C)c1-c1ccccc1. The van der Waals surface area contributed by atoms with Crippen molar-refractivity contribution in [2.24, 2.45) is 0 Å². The van der Waals surface area contributed by atoms with Gasteiger partial charge in [-0.2, -0.15) is 0 Å². The molecule has 4 nitrogen and oxygen atoms in total. The van der Waals surface area contributed by atoms with E-state index in [1.165, 1.54) is 11.3 Å². The van der Waals surface area contributed by atoms with Crippen molar-refractivity contribution in [1.82, 2.24) is 0 Å². The van der Waals surface area contributed by atoms with Crippen LogP contribution in [-0.4, -0.2) is 17.7 Å². The smallest absolute Gasteiger partial charge is 0.341 e. The molecule has 144 valence electrons. The fourth-order valence-corrected chi connectivity index (χ4v) is 4.40. The molecule has 0 bridgehead atoms. The van der Waals surface area contributed by atoms with Crippen LogP contribution < -0.4 is 10.6 Å². The normalized spacial score (nSPS) is 10.4. The molecule has 0 saturated heterocycles. The lowest BCUT2D eigenvalue weighted by molar-refractivity contribution is 0.0529. The van der Waals surface area contributed by atoms with Crippen LogP contribution in [0.3, 0.4) is 0 Å².